The van der Waals surface area contributed by atoms with Crippen molar-refractivity contribution in [1.82, 2.24) is 4.90 Å². The fourth-order valence-electron chi connectivity index (χ4n) is 2.19. The molecular formula is C14H12BrN3O. The highest BCUT2D eigenvalue weighted by Gasteiger charge is 2.45. The van der Waals surface area contributed by atoms with Gasteiger partial charge >= 0.3 is 0 Å². The Kier molecular flexibility index (Phi) is 4.19. The van der Waals surface area contributed by atoms with Gasteiger partial charge in [0, 0.05) is 10.4 Å². The third-order valence-corrected chi connectivity index (χ3v) is 3.71. The molecule has 4 nitrogen and oxygen atoms in total. The minimum atomic E-state index is -0.0897. The largest absolute Gasteiger partial charge is 0.316 e. The molecule has 5 heteroatoms. The lowest BCUT2D eigenvalue weighted by atomic mass is 10.1. The minimum Gasteiger partial charge on any atom is -0.316 e. The molecule has 0 N–H and O–H groups in total. The van der Waals surface area contributed by atoms with Gasteiger partial charge in [-0.1, -0.05) is 28.1 Å². The third-order valence-electron chi connectivity index (χ3n) is 3.22. The normalized spacial score (nSPS) is 20.2. The Morgan fingerprint density at radius 2 is 2.05 bits per heavy atom. The zero-order chi connectivity index (χ0) is 13.8. The summed E-state index contributed by atoms with van der Waals surface area (Å²) in [6.07, 6.45) is 0.794. The van der Waals surface area contributed by atoms with Crippen LogP contribution in [0.25, 0.3) is 0 Å². The van der Waals surface area contributed by atoms with Crippen LogP contribution in [0.15, 0.2) is 28.7 Å². The van der Waals surface area contributed by atoms with Crippen LogP contribution in [-0.4, -0.2) is 23.9 Å². The van der Waals surface area contributed by atoms with Gasteiger partial charge in [0.25, 0.3) is 0 Å². The molecule has 0 spiro atoms. The molecule has 1 aliphatic carbocycles. The number of carbonyl (C=O) groups is 1. The smallest absolute Gasteiger partial charge is 0.228 e. The van der Waals surface area contributed by atoms with E-state index in [-0.39, 0.29) is 30.8 Å². The molecule has 1 aromatic carbocycles. The van der Waals surface area contributed by atoms with Crippen molar-refractivity contribution in [3.05, 3.63) is 34.3 Å². The number of nitrogens with zero attached hydrogens (tertiary/aromatic N) is 3. The van der Waals surface area contributed by atoms with Crippen LogP contribution < -0.4 is 0 Å². The van der Waals surface area contributed by atoms with Gasteiger partial charge in [-0.05, 0) is 30.0 Å². The van der Waals surface area contributed by atoms with Crippen LogP contribution in [0.2, 0.25) is 0 Å². The van der Waals surface area contributed by atoms with Gasteiger partial charge in [-0.15, -0.1) is 0 Å². The predicted molar refractivity (Wildman–Crippen MR) is 72.8 cm³/mol. The molecule has 0 bridgehead atoms. The van der Waals surface area contributed by atoms with Gasteiger partial charge in [0.2, 0.25) is 5.91 Å². The van der Waals surface area contributed by atoms with Crippen LogP contribution in [0.3, 0.4) is 0 Å². The molecule has 1 fully saturated rings. The maximum Gasteiger partial charge on any atom is 0.228 e. The summed E-state index contributed by atoms with van der Waals surface area (Å²) in [5.41, 5.74) is 1.13. The number of hydrogen-bond acceptors (Lipinski definition) is 3. The topological polar surface area (TPSA) is 67.9 Å². The van der Waals surface area contributed by atoms with E-state index >= 15 is 0 Å². The van der Waals surface area contributed by atoms with Crippen LogP contribution in [0.4, 0.5) is 0 Å². The van der Waals surface area contributed by atoms with E-state index in [0.717, 1.165) is 16.5 Å². The van der Waals surface area contributed by atoms with E-state index < -0.39 is 0 Å². The van der Waals surface area contributed by atoms with Crippen molar-refractivity contribution in [2.75, 3.05) is 13.1 Å². The van der Waals surface area contributed by atoms with Crippen molar-refractivity contribution in [2.45, 2.75) is 12.3 Å². The summed E-state index contributed by atoms with van der Waals surface area (Å²) < 4.78 is 0.994. The van der Waals surface area contributed by atoms with Crippen molar-refractivity contribution < 1.29 is 4.79 Å². The molecule has 1 saturated carbocycles. The minimum absolute atomic E-state index is 0.0197. The molecule has 2 rings (SSSR count). The van der Waals surface area contributed by atoms with Gasteiger partial charge in [-0.3, -0.25) is 4.79 Å². The fraction of sp³-hybridized carbons (Fsp3) is 0.357. The van der Waals surface area contributed by atoms with Crippen LogP contribution in [0.5, 0.6) is 0 Å². The van der Waals surface area contributed by atoms with Gasteiger partial charge in [-0.2, -0.15) is 10.5 Å². The van der Waals surface area contributed by atoms with E-state index in [0.29, 0.717) is 0 Å². The highest BCUT2D eigenvalue weighted by molar-refractivity contribution is 9.10. The third kappa shape index (κ3) is 3.13. The Labute approximate surface area is 120 Å². The average Bonchev–Trinajstić information content (AvgIpc) is 3.18. The number of halogens is 1. The van der Waals surface area contributed by atoms with Gasteiger partial charge in [0.15, 0.2) is 0 Å². The van der Waals surface area contributed by atoms with Gasteiger partial charge in [0.1, 0.15) is 13.1 Å². The molecule has 0 aliphatic heterocycles. The van der Waals surface area contributed by atoms with Gasteiger partial charge in [0.05, 0.1) is 12.1 Å². The molecule has 1 aliphatic rings. The molecular weight excluding hydrogens is 306 g/mol. The lowest BCUT2D eigenvalue weighted by Crippen LogP contribution is -2.33. The SMILES string of the molecule is N#CCN(CC#N)C(=O)[C@@H]1C[C@H]1c1cccc(Br)c1. The first-order valence-electron chi connectivity index (χ1n) is 5.95. The first kappa shape index (κ1) is 13.6. The molecule has 0 aromatic heterocycles. The molecule has 19 heavy (non-hydrogen) atoms. The summed E-state index contributed by atoms with van der Waals surface area (Å²) in [5, 5.41) is 17.3. The van der Waals surface area contributed by atoms with Crippen molar-refractivity contribution in [1.29, 1.82) is 10.5 Å². The van der Waals surface area contributed by atoms with Gasteiger partial charge in [-0.25, -0.2) is 0 Å². The van der Waals surface area contributed by atoms with Crippen molar-refractivity contribution in [3.63, 3.8) is 0 Å². The highest BCUT2D eigenvalue weighted by atomic mass is 79.9. The Hall–Kier alpha value is -1.85. The zero-order valence-electron chi connectivity index (χ0n) is 10.2. The number of nitriles is 2. The summed E-state index contributed by atoms with van der Waals surface area (Å²) in [6.45, 7) is -0.0395. The van der Waals surface area contributed by atoms with Crippen molar-refractivity contribution >= 4 is 21.8 Å². The van der Waals surface area contributed by atoms with Crippen molar-refractivity contribution in [3.8, 4) is 12.1 Å². The van der Waals surface area contributed by atoms with Crippen LogP contribution in [-0.2, 0) is 4.79 Å². The standard InChI is InChI=1S/C14H12BrN3O/c15-11-3-1-2-10(8-11)12-9-13(12)14(19)18(6-4-16)7-5-17/h1-3,8,12-13H,6-7,9H2/t12-,13+/m0/s1. The number of hydrogen-bond donors (Lipinski definition) is 0. The molecule has 96 valence electrons. The lowest BCUT2D eigenvalue weighted by Gasteiger charge is -2.15. The molecule has 0 unspecified atom stereocenters. The van der Waals surface area contributed by atoms with E-state index in [1.54, 1.807) is 0 Å². The average molecular weight is 318 g/mol. The summed E-state index contributed by atoms with van der Waals surface area (Å²) in [7, 11) is 0. The van der Waals surface area contributed by atoms with E-state index in [1.165, 1.54) is 4.90 Å². The molecule has 1 aromatic rings. The van der Waals surface area contributed by atoms with E-state index in [2.05, 4.69) is 15.9 Å². The maximum absolute atomic E-state index is 12.2. The highest BCUT2D eigenvalue weighted by Crippen LogP contribution is 2.48. The Morgan fingerprint density at radius 1 is 1.37 bits per heavy atom. The van der Waals surface area contributed by atoms with Gasteiger partial charge < -0.3 is 4.90 Å². The van der Waals surface area contributed by atoms with E-state index in [1.807, 2.05) is 36.4 Å². The summed E-state index contributed by atoms with van der Waals surface area (Å²) in [6, 6.07) is 11.8. The molecule has 0 heterocycles. The Balaban J connectivity index is 2.04. The summed E-state index contributed by atoms with van der Waals surface area (Å²) in [4.78, 5) is 13.5. The number of carbonyl (C=O) groups excluding carboxylic acids is 1. The molecule has 2 atom stereocenters. The van der Waals surface area contributed by atoms with Crippen LogP contribution in [0.1, 0.15) is 17.9 Å². The number of rotatable bonds is 4. The van der Waals surface area contributed by atoms with Crippen LogP contribution >= 0.6 is 15.9 Å². The molecule has 0 saturated heterocycles. The first-order chi connectivity index (χ1) is 9.17. The summed E-state index contributed by atoms with van der Waals surface area (Å²) in [5.74, 6) is 0.0361. The maximum atomic E-state index is 12.2. The summed E-state index contributed by atoms with van der Waals surface area (Å²) >= 11 is 3.41. The van der Waals surface area contributed by atoms with Crippen LogP contribution in [0, 0.1) is 28.6 Å². The van der Waals surface area contributed by atoms with Crippen molar-refractivity contribution in [2.24, 2.45) is 5.92 Å². The monoisotopic (exact) mass is 317 g/mol. The second kappa shape index (κ2) is 5.86. The Morgan fingerprint density at radius 3 is 2.63 bits per heavy atom. The second-order valence-corrected chi connectivity index (χ2v) is 5.43. The Bertz CT molecular complexity index is 557. The fourth-order valence-corrected chi connectivity index (χ4v) is 2.61. The lowest BCUT2D eigenvalue weighted by molar-refractivity contribution is -0.131. The predicted octanol–water partition coefficient (Wildman–Crippen LogP) is 2.43. The number of benzene rings is 1. The zero-order valence-corrected chi connectivity index (χ0v) is 11.8. The molecule has 0 radical (unpaired) electrons. The quantitative estimate of drug-likeness (QED) is 0.801. The van der Waals surface area contributed by atoms with E-state index in [9.17, 15) is 4.79 Å². The number of amides is 1. The first-order valence-corrected chi connectivity index (χ1v) is 6.75. The second-order valence-electron chi connectivity index (χ2n) is 4.51. The van der Waals surface area contributed by atoms with E-state index in [4.69, 9.17) is 10.5 Å². The molecule has 1 amide bonds.